The van der Waals surface area contributed by atoms with E-state index in [1.807, 2.05) is 30.3 Å². The van der Waals surface area contributed by atoms with Gasteiger partial charge >= 0.3 is 0 Å². The molecule has 0 saturated carbocycles. The number of aromatic nitrogens is 3. The fourth-order valence-electron chi connectivity index (χ4n) is 3.78. The Morgan fingerprint density at radius 2 is 1.62 bits per heavy atom. The van der Waals surface area contributed by atoms with E-state index in [1.54, 1.807) is 0 Å². The summed E-state index contributed by atoms with van der Waals surface area (Å²) in [7, 11) is 2.07. The monoisotopic (exact) mass is 311 g/mol. The summed E-state index contributed by atoms with van der Waals surface area (Å²) in [4.78, 5) is 4.78. The lowest BCUT2D eigenvalue weighted by Gasteiger charge is -1.97. The van der Waals surface area contributed by atoms with E-state index >= 15 is 0 Å². The Kier molecular flexibility index (Phi) is 2.02. The average molecular weight is 311 g/mol. The molecule has 6 aromatic rings. The van der Waals surface area contributed by atoms with Gasteiger partial charge in [0, 0.05) is 23.9 Å². The van der Waals surface area contributed by atoms with E-state index < -0.39 is 0 Å². The van der Waals surface area contributed by atoms with Crippen LogP contribution in [0.15, 0.2) is 65.1 Å². The molecule has 3 aromatic heterocycles. The van der Waals surface area contributed by atoms with E-state index in [0.29, 0.717) is 0 Å². The van der Waals surface area contributed by atoms with Crippen LogP contribution in [0.1, 0.15) is 0 Å². The van der Waals surface area contributed by atoms with E-state index in [2.05, 4.69) is 46.3 Å². The Morgan fingerprint density at radius 1 is 0.792 bits per heavy atom. The lowest BCUT2D eigenvalue weighted by Crippen LogP contribution is -1.87. The Morgan fingerprint density at radius 3 is 2.58 bits per heavy atom. The zero-order chi connectivity index (χ0) is 15.8. The minimum atomic E-state index is 0.911. The number of imidazole rings is 2. The van der Waals surface area contributed by atoms with Gasteiger partial charge < -0.3 is 8.98 Å². The molecule has 24 heavy (non-hydrogen) atoms. The van der Waals surface area contributed by atoms with E-state index in [9.17, 15) is 0 Å². The minimum Gasteiger partial charge on any atom is -0.456 e. The van der Waals surface area contributed by atoms with Gasteiger partial charge in [0.1, 0.15) is 11.2 Å². The number of furan rings is 1. The highest BCUT2D eigenvalue weighted by atomic mass is 16.3. The van der Waals surface area contributed by atoms with Crippen LogP contribution in [-0.2, 0) is 7.05 Å². The van der Waals surface area contributed by atoms with Crippen molar-refractivity contribution in [2.45, 2.75) is 0 Å². The van der Waals surface area contributed by atoms with Crippen molar-refractivity contribution in [3.8, 4) is 0 Å². The van der Waals surface area contributed by atoms with Gasteiger partial charge in [-0.15, -0.1) is 0 Å². The SMILES string of the molecule is Cn1c2cc3c(cc2n2c4ccccc4nc12)oc1ccccc13. The fraction of sp³-hybridized carbons (Fsp3) is 0.0500. The van der Waals surface area contributed by atoms with Crippen molar-refractivity contribution in [1.82, 2.24) is 14.0 Å². The van der Waals surface area contributed by atoms with Gasteiger partial charge in [-0.2, -0.15) is 0 Å². The molecule has 3 heterocycles. The maximum Gasteiger partial charge on any atom is 0.215 e. The molecule has 0 unspecified atom stereocenters. The highest BCUT2D eigenvalue weighted by Gasteiger charge is 2.16. The van der Waals surface area contributed by atoms with Crippen molar-refractivity contribution in [3.05, 3.63) is 60.7 Å². The quantitative estimate of drug-likeness (QED) is 0.401. The van der Waals surface area contributed by atoms with E-state index in [0.717, 1.165) is 49.8 Å². The number of fused-ring (bicyclic) bond motifs is 8. The number of para-hydroxylation sites is 3. The van der Waals surface area contributed by atoms with Gasteiger partial charge in [0.05, 0.1) is 22.1 Å². The molecule has 6 rings (SSSR count). The predicted octanol–water partition coefficient (Wildman–Crippen LogP) is 4.88. The van der Waals surface area contributed by atoms with Gasteiger partial charge in [-0.3, -0.25) is 4.40 Å². The summed E-state index contributed by atoms with van der Waals surface area (Å²) in [6.45, 7) is 0. The zero-order valence-corrected chi connectivity index (χ0v) is 13.0. The molecule has 0 saturated heterocycles. The van der Waals surface area contributed by atoms with E-state index in [1.165, 1.54) is 0 Å². The summed E-state index contributed by atoms with van der Waals surface area (Å²) < 4.78 is 10.4. The molecule has 0 spiro atoms. The standard InChI is InChI=1S/C20H13N3O/c1-22-16-10-13-12-6-2-5-9-18(12)24-19(13)11-17(16)23-15-8-4-3-7-14(15)21-20(22)23/h2-11H,1H3. The Balaban J connectivity index is 1.90. The highest BCUT2D eigenvalue weighted by molar-refractivity contribution is 6.10. The largest absolute Gasteiger partial charge is 0.456 e. The van der Waals surface area contributed by atoms with Crippen LogP contribution in [0, 0.1) is 0 Å². The molecule has 0 amide bonds. The summed E-state index contributed by atoms with van der Waals surface area (Å²) in [6, 6.07) is 20.7. The van der Waals surface area contributed by atoms with Gasteiger partial charge in [0.2, 0.25) is 5.78 Å². The highest BCUT2D eigenvalue weighted by Crippen LogP contribution is 2.34. The van der Waals surface area contributed by atoms with Crippen LogP contribution >= 0.6 is 0 Å². The number of hydrogen-bond acceptors (Lipinski definition) is 2. The molecule has 0 aliphatic rings. The van der Waals surface area contributed by atoms with Crippen LogP contribution in [0.2, 0.25) is 0 Å². The van der Waals surface area contributed by atoms with Gasteiger partial charge in [0.25, 0.3) is 0 Å². The Hall–Kier alpha value is -3.27. The van der Waals surface area contributed by atoms with Crippen LogP contribution in [-0.4, -0.2) is 14.0 Å². The first-order chi connectivity index (χ1) is 11.8. The molecule has 0 radical (unpaired) electrons. The first kappa shape index (κ1) is 12.2. The van der Waals surface area contributed by atoms with Crippen LogP contribution in [0.5, 0.6) is 0 Å². The zero-order valence-electron chi connectivity index (χ0n) is 13.0. The summed E-state index contributed by atoms with van der Waals surface area (Å²) in [5.41, 5.74) is 6.24. The lowest BCUT2D eigenvalue weighted by molar-refractivity contribution is 0.669. The first-order valence-electron chi connectivity index (χ1n) is 7.98. The molecule has 0 aliphatic carbocycles. The summed E-state index contributed by atoms with van der Waals surface area (Å²) in [5, 5.41) is 2.30. The van der Waals surface area contributed by atoms with Crippen molar-refractivity contribution in [3.63, 3.8) is 0 Å². The van der Waals surface area contributed by atoms with Gasteiger partial charge in [-0.25, -0.2) is 4.98 Å². The Bertz CT molecular complexity index is 1410. The second-order valence-electron chi connectivity index (χ2n) is 6.23. The third-order valence-corrected chi connectivity index (χ3v) is 4.92. The fourth-order valence-corrected chi connectivity index (χ4v) is 3.78. The third-order valence-electron chi connectivity index (χ3n) is 4.92. The topological polar surface area (TPSA) is 35.4 Å². The molecule has 0 atom stereocenters. The number of hydrogen-bond donors (Lipinski definition) is 0. The van der Waals surface area contributed by atoms with Crippen molar-refractivity contribution in [2.24, 2.45) is 7.05 Å². The second kappa shape index (κ2) is 3.97. The maximum absolute atomic E-state index is 6.06. The molecular formula is C20H13N3O. The Labute approximate surface area is 136 Å². The van der Waals surface area contributed by atoms with Gasteiger partial charge in [-0.05, 0) is 24.3 Å². The summed E-state index contributed by atoms with van der Waals surface area (Å²) >= 11 is 0. The molecule has 4 heteroatoms. The summed E-state index contributed by atoms with van der Waals surface area (Å²) in [6.07, 6.45) is 0. The number of benzene rings is 3. The van der Waals surface area contributed by atoms with Crippen molar-refractivity contribution in [1.29, 1.82) is 0 Å². The first-order valence-corrected chi connectivity index (χ1v) is 7.98. The van der Waals surface area contributed by atoms with Crippen LogP contribution in [0.3, 0.4) is 0 Å². The lowest BCUT2D eigenvalue weighted by atomic mass is 10.1. The average Bonchev–Trinajstić information content (AvgIpc) is 3.24. The van der Waals surface area contributed by atoms with Crippen LogP contribution < -0.4 is 0 Å². The van der Waals surface area contributed by atoms with Gasteiger partial charge in [0.15, 0.2) is 0 Å². The van der Waals surface area contributed by atoms with Crippen molar-refractivity contribution >= 4 is 49.8 Å². The molecule has 114 valence electrons. The second-order valence-corrected chi connectivity index (χ2v) is 6.23. The molecule has 0 fully saturated rings. The van der Waals surface area contributed by atoms with Crippen LogP contribution in [0.4, 0.5) is 0 Å². The van der Waals surface area contributed by atoms with Crippen molar-refractivity contribution in [2.75, 3.05) is 0 Å². The van der Waals surface area contributed by atoms with Gasteiger partial charge in [-0.1, -0.05) is 30.3 Å². The summed E-state index contributed by atoms with van der Waals surface area (Å²) in [5.74, 6) is 0.947. The van der Waals surface area contributed by atoms with Crippen molar-refractivity contribution < 1.29 is 4.42 Å². The molecule has 0 aliphatic heterocycles. The number of aryl methyl sites for hydroxylation is 1. The molecular weight excluding hydrogens is 298 g/mol. The molecule has 4 nitrogen and oxygen atoms in total. The maximum atomic E-state index is 6.06. The van der Waals surface area contributed by atoms with Crippen LogP contribution in [0.25, 0.3) is 49.8 Å². The normalized spacial score (nSPS) is 12.4. The minimum absolute atomic E-state index is 0.911. The predicted molar refractivity (Wildman–Crippen MR) is 96.5 cm³/mol. The number of nitrogens with zero attached hydrogens (tertiary/aromatic N) is 3. The molecule has 0 N–H and O–H groups in total. The smallest absolute Gasteiger partial charge is 0.215 e. The third kappa shape index (κ3) is 1.32. The van der Waals surface area contributed by atoms with E-state index in [-0.39, 0.29) is 0 Å². The number of rotatable bonds is 0. The van der Waals surface area contributed by atoms with E-state index in [4.69, 9.17) is 9.40 Å². The molecule has 3 aromatic carbocycles. The molecule has 0 bridgehead atoms.